The lowest BCUT2D eigenvalue weighted by atomic mass is 10.2. The predicted molar refractivity (Wildman–Crippen MR) is 90.6 cm³/mol. The summed E-state index contributed by atoms with van der Waals surface area (Å²) < 4.78 is 5.71. The molecule has 0 aliphatic heterocycles. The molecule has 0 heterocycles. The third-order valence-electron chi connectivity index (χ3n) is 2.63. The zero-order valence-electron chi connectivity index (χ0n) is 11.5. The maximum atomic E-state index is 5.97. The smallest absolute Gasteiger partial charge is 0.211 e. The Morgan fingerprint density at radius 2 is 1.91 bits per heavy atom. The molecule has 2 aromatic carbocycles. The Morgan fingerprint density at radius 3 is 2.64 bits per heavy atom. The molecule has 0 saturated carbocycles. The number of rotatable bonds is 5. The van der Waals surface area contributed by atoms with Crippen molar-refractivity contribution in [2.75, 3.05) is 0 Å². The summed E-state index contributed by atoms with van der Waals surface area (Å²) in [5, 5.41) is 8.30. The molecule has 0 bridgehead atoms. The van der Waals surface area contributed by atoms with Gasteiger partial charge in [-0.2, -0.15) is 5.10 Å². The normalized spacial score (nSPS) is 10.6. The topological polar surface area (TPSA) is 86.0 Å². The summed E-state index contributed by atoms with van der Waals surface area (Å²) in [7, 11) is 0. The summed E-state index contributed by atoms with van der Waals surface area (Å²) in [6.45, 7) is 0.380. The molecule has 0 aliphatic carbocycles. The first-order chi connectivity index (χ1) is 10.5. The molecule has 0 spiro atoms. The zero-order chi connectivity index (χ0) is 15.9. The highest BCUT2D eigenvalue weighted by Gasteiger charge is 2.01. The first kappa shape index (κ1) is 16.1. The van der Waals surface area contributed by atoms with Gasteiger partial charge in [0, 0.05) is 0 Å². The third-order valence-corrected chi connectivity index (χ3v) is 3.37. The van der Waals surface area contributed by atoms with E-state index in [0.29, 0.717) is 22.4 Å². The van der Waals surface area contributed by atoms with Crippen molar-refractivity contribution in [2.24, 2.45) is 21.7 Å². The number of nitrogens with two attached hydrogens (primary N) is 2. The molecular formula is C15H14Cl2N4O. The van der Waals surface area contributed by atoms with Gasteiger partial charge in [-0.15, -0.1) is 5.10 Å². The molecule has 4 N–H and O–H groups in total. The van der Waals surface area contributed by atoms with Gasteiger partial charge in [0.25, 0.3) is 0 Å². The van der Waals surface area contributed by atoms with Crippen molar-refractivity contribution >= 4 is 35.4 Å². The van der Waals surface area contributed by atoms with Gasteiger partial charge in [0.2, 0.25) is 5.96 Å². The van der Waals surface area contributed by atoms with Crippen LogP contribution in [0.3, 0.4) is 0 Å². The van der Waals surface area contributed by atoms with Crippen LogP contribution < -0.4 is 16.2 Å². The number of nitrogens with zero attached hydrogens (tertiary/aromatic N) is 2. The Morgan fingerprint density at radius 1 is 1.09 bits per heavy atom. The van der Waals surface area contributed by atoms with Crippen LogP contribution in [0.4, 0.5) is 0 Å². The summed E-state index contributed by atoms with van der Waals surface area (Å²) in [4.78, 5) is 0. The predicted octanol–water partition coefficient (Wildman–Crippen LogP) is 3.18. The highest BCUT2D eigenvalue weighted by atomic mass is 35.5. The lowest BCUT2D eigenvalue weighted by Crippen LogP contribution is -2.21. The van der Waals surface area contributed by atoms with E-state index in [4.69, 9.17) is 39.4 Å². The van der Waals surface area contributed by atoms with Crippen molar-refractivity contribution in [1.29, 1.82) is 0 Å². The van der Waals surface area contributed by atoms with Gasteiger partial charge < -0.3 is 16.2 Å². The maximum Gasteiger partial charge on any atom is 0.211 e. The molecule has 5 nitrogen and oxygen atoms in total. The molecule has 7 heteroatoms. The summed E-state index contributed by atoms with van der Waals surface area (Å²) in [6.07, 6.45) is 1.53. The monoisotopic (exact) mass is 336 g/mol. The number of hydrogen-bond acceptors (Lipinski definition) is 3. The van der Waals surface area contributed by atoms with E-state index in [2.05, 4.69) is 10.2 Å². The Kier molecular flexibility index (Phi) is 5.63. The van der Waals surface area contributed by atoms with Crippen LogP contribution in [0.25, 0.3) is 0 Å². The average Bonchev–Trinajstić information content (AvgIpc) is 2.49. The molecule has 22 heavy (non-hydrogen) atoms. The van der Waals surface area contributed by atoms with E-state index >= 15 is 0 Å². The molecule has 2 aromatic rings. The van der Waals surface area contributed by atoms with Gasteiger partial charge in [-0.1, -0.05) is 41.4 Å². The molecule has 0 unspecified atom stereocenters. The quantitative estimate of drug-likeness (QED) is 0.499. The fourth-order valence-electron chi connectivity index (χ4n) is 1.64. The van der Waals surface area contributed by atoms with E-state index in [-0.39, 0.29) is 5.96 Å². The molecule has 0 atom stereocenters. The molecule has 0 aromatic heterocycles. The zero-order valence-corrected chi connectivity index (χ0v) is 13.1. The molecule has 0 radical (unpaired) electrons. The molecule has 2 rings (SSSR count). The molecule has 0 amide bonds. The summed E-state index contributed by atoms with van der Waals surface area (Å²) in [5.74, 6) is 0.600. The molecule has 0 saturated heterocycles. The Labute approximate surface area is 138 Å². The van der Waals surface area contributed by atoms with Crippen molar-refractivity contribution in [3.05, 3.63) is 63.6 Å². The highest BCUT2D eigenvalue weighted by molar-refractivity contribution is 6.42. The van der Waals surface area contributed by atoms with Crippen LogP contribution in [0, 0.1) is 0 Å². The van der Waals surface area contributed by atoms with Crippen molar-refractivity contribution in [1.82, 2.24) is 0 Å². The lowest BCUT2D eigenvalue weighted by molar-refractivity contribution is 0.306. The van der Waals surface area contributed by atoms with E-state index in [1.165, 1.54) is 6.21 Å². The third kappa shape index (κ3) is 4.95. The van der Waals surface area contributed by atoms with Crippen LogP contribution in [0.15, 0.2) is 52.7 Å². The van der Waals surface area contributed by atoms with E-state index in [1.54, 1.807) is 12.1 Å². The van der Waals surface area contributed by atoms with E-state index < -0.39 is 0 Å². The summed E-state index contributed by atoms with van der Waals surface area (Å²) >= 11 is 11.8. The standard InChI is InChI=1S/C15H14Cl2N4O/c16-13-5-4-11(7-14(13)17)9-22-12-3-1-2-10(6-12)8-20-21-15(18)19/h1-8H,9H2,(H4,18,19,21). The van der Waals surface area contributed by atoms with Gasteiger partial charge in [-0.25, -0.2) is 0 Å². The number of halogens is 2. The first-order valence-corrected chi connectivity index (χ1v) is 7.09. The van der Waals surface area contributed by atoms with Crippen molar-refractivity contribution in [3.63, 3.8) is 0 Å². The number of benzene rings is 2. The highest BCUT2D eigenvalue weighted by Crippen LogP contribution is 2.23. The minimum Gasteiger partial charge on any atom is -0.489 e. The van der Waals surface area contributed by atoms with Crippen LogP contribution in [0.5, 0.6) is 5.75 Å². The van der Waals surface area contributed by atoms with Gasteiger partial charge in [0.15, 0.2) is 0 Å². The van der Waals surface area contributed by atoms with Crippen molar-refractivity contribution < 1.29 is 4.74 Å². The van der Waals surface area contributed by atoms with Gasteiger partial charge in [-0.3, -0.25) is 0 Å². The average molecular weight is 337 g/mol. The SMILES string of the molecule is NC(N)=NN=Cc1cccc(OCc2ccc(Cl)c(Cl)c2)c1. The number of ether oxygens (including phenoxy) is 1. The maximum absolute atomic E-state index is 5.97. The number of hydrogen-bond donors (Lipinski definition) is 2. The Balaban J connectivity index is 2.02. The van der Waals surface area contributed by atoms with E-state index in [1.807, 2.05) is 30.3 Å². The second-order valence-corrected chi connectivity index (χ2v) is 5.19. The van der Waals surface area contributed by atoms with E-state index in [9.17, 15) is 0 Å². The Hall–Kier alpha value is -2.24. The fraction of sp³-hybridized carbons (Fsp3) is 0.0667. The first-order valence-electron chi connectivity index (χ1n) is 6.33. The molecule has 114 valence electrons. The van der Waals surface area contributed by atoms with Gasteiger partial charge >= 0.3 is 0 Å². The second kappa shape index (κ2) is 7.68. The van der Waals surface area contributed by atoms with Gasteiger partial charge in [-0.05, 0) is 35.4 Å². The second-order valence-electron chi connectivity index (χ2n) is 4.38. The van der Waals surface area contributed by atoms with Crippen LogP contribution in [-0.4, -0.2) is 12.2 Å². The number of guanidine groups is 1. The van der Waals surface area contributed by atoms with Crippen molar-refractivity contribution in [2.45, 2.75) is 6.61 Å². The molecule has 0 fully saturated rings. The largest absolute Gasteiger partial charge is 0.489 e. The van der Waals surface area contributed by atoms with Crippen LogP contribution in [0.2, 0.25) is 10.0 Å². The lowest BCUT2D eigenvalue weighted by Gasteiger charge is -2.07. The van der Waals surface area contributed by atoms with Crippen LogP contribution >= 0.6 is 23.2 Å². The summed E-state index contributed by atoms with van der Waals surface area (Å²) in [6, 6.07) is 12.7. The minimum atomic E-state index is -0.0942. The molecule has 0 aliphatic rings. The van der Waals surface area contributed by atoms with E-state index in [0.717, 1.165) is 11.1 Å². The van der Waals surface area contributed by atoms with Crippen molar-refractivity contribution in [3.8, 4) is 5.75 Å². The van der Waals surface area contributed by atoms with Gasteiger partial charge in [0.05, 0.1) is 16.3 Å². The van der Waals surface area contributed by atoms with Gasteiger partial charge in [0.1, 0.15) is 12.4 Å². The summed E-state index contributed by atoms with van der Waals surface area (Å²) in [5.41, 5.74) is 12.1. The fourth-order valence-corrected chi connectivity index (χ4v) is 1.96. The van der Waals surface area contributed by atoms with Crippen LogP contribution in [0.1, 0.15) is 11.1 Å². The Bertz CT molecular complexity index is 712. The molecular weight excluding hydrogens is 323 g/mol. The minimum absolute atomic E-state index is 0.0942. The van der Waals surface area contributed by atoms with Crippen LogP contribution in [-0.2, 0) is 6.61 Å².